The van der Waals surface area contributed by atoms with Crippen LogP contribution in [0.2, 0.25) is 0 Å². The van der Waals surface area contributed by atoms with Crippen molar-refractivity contribution in [3.8, 4) is 0 Å². The number of carbonyl (C=O) groups excluding carboxylic acids is 2. The molecule has 0 heterocycles. The second-order valence-electron chi connectivity index (χ2n) is 18.8. The van der Waals surface area contributed by atoms with Gasteiger partial charge >= 0.3 is 17.9 Å². The molecule has 0 amide bonds. The molecule has 0 bridgehead atoms. The zero-order valence-corrected chi connectivity index (χ0v) is 41.3. The quantitative estimate of drug-likeness (QED) is 0.0281. The molecule has 2 atom stereocenters. The molecule has 0 fully saturated rings. The minimum Gasteiger partial charge on any atom is -0.477 e. The molecule has 2 unspecified atom stereocenters. The fourth-order valence-electron chi connectivity index (χ4n) is 7.81. The minimum atomic E-state index is -0.874. The van der Waals surface area contributed by atoms with Crippen LogP contribution in [0.1, 0.15) is 239 Å². The standard InChI is InChI=1S/C54H99NO7/c1-6-8-10-12-14-16-18-20-22-24-25-26-27-29-30-32-34-36-38-40-42-44-52(56)61-49-50(48-60-47-46-51(54(58)59)55(3,4)5)62-53(57)45-43-41-39-37-35-33-31-28-23-21-19-17-15-13-11-9-7-2/h9,11,15,17,21,23,50-51H,6-8,10,12-14,16,18-20,22,24-49H2,1-5H3/p+1/b11-9-,17-15-,23-21-. The van der Waals surface area contributed by atoms with Crippen LogP contribution in [-0.4, -0.2) is 80.6 Å². The van der Waals surface area contributed by atoms with E-state index in [2.05, 4.69) is 50.3 Å². The number of ether oxygens (including phenoxy) is 3. The largest absolute Gasteiger partial charge is 0.477 e. The van der Waals surface area contributed by atoms with Crippen molar-refractivity contribution in [3.05, 3.63) is 36.5 Å². The number of quaternary nitrogens is 1. The Hall–Kier alpha value is -2.45. The molecule has 8 heteroatoms. The van der Waals surface area contributed by atoms with Gasteiger partial charge in [-0.25, -0.2) is 4.79 Å². The summed E-state index contributed by atoms with van der Waals surface area (Å²) in [7, 11) is 5.54. The molecule has 0 saturated carbocycles. The van der Waals surface area contributed by atoms with Crippen molar-refractivity contribution in [2.45, 2.75) is 251 Å². The van der Waals surface area contributed by atoms with Gasteiger partial charge < -0.3 is 23.8 Å². The van der Waals surface area contributed by atoms with Gasteiger partial charge in [-0.05, 0) is 44.9 Å². The first-order valence-corrected chi connectivity index (χ1v) is 26.0. The van der Waals surface area contributed by atoms with E-state index in [1.165, 1.54) is 141 Å². The molecule has 0 rings (SSSR count). The summed E-state index contributed by atoms with van der Waals surface area (Å²) in [6.07, 6.45) is 53.4. The molecule has 0 saturated heterocycles. The molecule has 0 spiro atoms. The van der Waals surface area contributed by atoms with E-state index in [-0.39, 0.29) is 36.2 Å². The van der Waals surface area contributed by atoms with Crippen molar-refractivity contribution < 1.29 is 38.2 Å². The second kappa shape index (κ2) is 45.1. The first kappa shape index (κ1) is 59.5. The van der Waals surface area contributed by atoms with Crippen LogP contribution in [0.4, 0.5) is 0 Å². The lowest BCUT2D eigenvalue weighted by molar-refractivity contribution is -0.887. The highest BCUT2D eigenvalue weighted by Gasteiger charge is 2.31. The summed E-state index contributed by atoms with van der Waals surface area (Å²) < 4.78 is 17.4. The van der Waals surface area contributed by atoms with E-state index < -0.39 is 18.1 Å². The van der Waals surface area contributed by atoms with Crippen molar-refractivity contribution in [2.75, 3.05) is 41.0 Å². The van der Waals surface area contributed by atoms with Crippen molar-refractivity contribution in [1.82, 2.24) is 0 Å². The summed E-state index contributed by atoms with van der Waals surface area (Å²) in [4.78, 5) is 37.2. The normalized spacial score (nSPS) is 13.1. The van der Waals surface area contributed by atoms with E-state index in [0.717, 1.165) is 64.2 Å². The Kier molecular flexibility index (Phi) is 43.3. The summed E-state index contributed by atoms with van der Waals surface area (Å²) in [6.45, 7) is 4.65. The topological polar surface area (TPSA) is 99.1 Å². The second-order valence-corrected chi connectivity index (χ2v) is 18.8. The molecule has 8 nitrogen and oxygen atoms in total. The number of hydrogen-bond donors (Lipinski definition) is 1. The Morgan fingerprint density at radius 1 is 0.500 bits per heavy atom. The number of carboxylic acid groups (broad SMARTS) is 1. The Labute approximate surface area is 383 Å². The number of aliphatic carboxylic acids is 1. The first-order chi connectivity index (χ1) is 30.1. The van der Waals surface area contributed by atoms with Crippen molar-refractivity contribution in [1.29, 1.82) is 0 Å². The van der Waals surface area contributed by atoms with Crippen LogP contribution in [0.5, 0.6) is 0 Å². The van der Waals surface area contributed by atoms with E-state index in [4.69, 9.17) is 14.2 Å². The average molecular weight is 875 g/mol. The van der Waals surface area contributed by atoms with Gasteiger partial charge in [0.05, 0.1) is 34.4 Å². The van der Waals surface area contributed by atoms with Gasteiger partial charge in [-0.2, -0.15) is 0 Å². The van der Waals surface area contributed by atoms with Crippen LogP contribution in [0, 0.1) is 0 Å². The third kappa shape index (κ3) is 42.8. The van der Waals surface area contributed by atoms with Gasteiger partial charge in [0.1, 0.15) is 6.61 Å². The predicted molar refractivity (Wildman–Crippen MR) is 261 cm³/mol. The van der Waals surface area contributed by atoms with E-state index >= 15 is 0 Å². The number of rotatable bonds is 47. The molecule has 0 aliphatic rings. The number of carbonyl (C=O) groups is 3. The summed E-state index contributed by atoms with van der Waals surface area (Å²) in [5.74, 6) is -1.47. The van der Waals surface area contributed by atoms with E-state index in [9.17, 15) is 19.5 Å². The lowest BCUT2D eigenvalue weighted by Gasteiger charge is -2.31. The number of esters is 2. The molecule has 362 valence electrons. The molecule has 0 aromatic rings. The number of allylic oxidation sites excluding steroid dienone is 6. The van der Waals surface area contributed by atoms with E-state index in [1.807, 2.05) is 21.1 Å². The Bertz CT molecular complexity index is 1110. The highest BCUT2D eigenvalue weighted by atomic mass is 16.6. The summed E-state index contributed by atoms with van der Waals surface area (Å²) in [5, 5.41) is 9.65. The fourth-order valence-corrected chi connectivity index (χ4v) is 7.81. The number of carboxylic acids is 1. The maximum atomic E-state index is 12.8. The Balaban J connectivity index is 4.20. The van der Waals surface area contributed by atoms with E-state index in [1.54, 1.807) is 0 Å². The molecule has 0 aromatic heterocycles. The van der Waals surface area contributed by atoms with Crippen LogP contribution in [0.3, 0.4) is 0 Å². The lowest BCUT2D eigenvalue weighted by Crippen LogP contribution is -2.50. The third-order valence-corrected chi connectivity index (χ3v) is 11.8. The third-order valence-electron chi connectivity index (χ3n) is 11.8. The smallest absolute Gasteiger partial charge is 0.362 e. The molecule has 0 aliphatic carbocycles. The molecule has 62 heavy (non-hydrogen) atoms. The minimum absolute atomic E-state index is 0.0515. The van der Waals surface area contributed by atoms with Gasteiger partial charge in [0.25, 0.3) is 0 Å². The molecule has 0 radical (unpaired) electrons. The van der Waals surface area contributed by atoms with Gasteiger partial charge in [0.2, 0.25) is 0 Å². The number of hydrogen-bond acceptors (Lipinski definition) is 6. The van der Waals surface area contributed by atoms with Crippen molar-refractivity contribution in [3.63, 3.8) is 0 Å². The number of likely N-dealkylation sites (N-methyl/N-ethyl adjacent to an activating group) is 1. The monoisotopic (exact) mass is 875 g/mol. The first-order valence-electron chi connectivity index (χ1n) is 26.0. The molecular formula is C54H100NO7+. The van der Waals surface area contributed by atoms with Crippen LogP contribution in [0.15, 0.2) is 36.5 Å². The Morgan fingerprint density at radius 2 is 0.903 bits per heavy atom. The van der Waals surface area contributed by atoms with Crippen LogP contribution in [0.25, 0.3) is 0 Å². The zero-order valence-electron chi connectivity index (χ0n) is 41.3. The summed E-state index contributed by atoms with van der Waals surface area (Å²) in [6, 6.07) is -0.616. The number of nitrogens with zero attached hydrogens (tertiary/aromatic N) is 1. The van der Waals surface area contributed by atoms with Crippen LogP contribution in [-0.2, 0) is 28.6 Å². The summed E-state index contributed by atoms with van der Waals surface area (Å²) >= 11 is 0. The maximum absolute atomic E-state index is 12.8. The maximum Gasteiger partial charge on any atom is 0.362 e. The number of unbranched alkanes of at least 4 members (excludes halogenated alkanes) is 27. The van der Waals surface area contributed by atoms with Gasteiger partial charge in [-0.3, -0.25) is 9.59 Å². The van der Waals surface area contributed by atoms with Crippen LogP contribution >= 0.6 is 0 Å². The van der Waals surface area contributed by atoms with Gasteiger partial charge in [0.15, 0.2) is 12.1 Å². The molecular weight excluding hydrogens is 775 g/mol. The van der Waals surface area contributed by atoms with Crippen molar-refractivity contribution in [2.24, 2.45) is 0 Å². The molecule has 1 N–H and O–H groups in total. The Morgan fingerprint density at radius 3 is 1.34 bits per heavy atom. The lowest BCUT2D eigenvalue weighted by atomic mass is 10.0. The molecule has 0 aromatic carbocycles. The highest BCUT2D eigenvalue weighted by molar-refractivity contribution is 5.72. The SMILES string of the molecule is CC/C=C\C/C=C\C/C=C\CCCCCCCCCC(=O)OC(COCCC(C(=O)O)[N+](C)(C)C)COC(=O)CCCCCCCCCCCCCCCCCCCCCCC. The fraction of sp³-hybridized carbons (Fsp3) is 0.833. The molecule has 0 aliphatic heterocycles. The van der Waals surface area contributed by atoms with Gasteiger partial charge in [0, 0.05) is 19.3 Å². The van der Waals surface area contributed by atoms with Gasteiger partial charge in [-0.1, -0.05) is 211 Å². The average Bonchev–Trinajstić information content (AvgIpc) is 3.23. The summed E-state index contributed by atoms with van der Waals surface area (Å²) in [5.41, 5.74) is 0. The van der Waals surface area contributed by atoms with Crippen LogP contribution < -0.4 is 0 Å². The van der Waals surface area contributed by atoms with Crippen molar-refractivity contribution >= 4 is 17.9 Å². The zero-order chi connectivity index (χ0) is 45.6. The predicted octanol–water partition coefficient (Wildman–Crippen LogP) is 15.0. The highest BCUT2D eigenvalue weighted by Crippen LogP contribution is 2.17. The van der Waals surface area contributed by atoms with E-state index in [0.29, 0.717) is 19.3 Å². The van der Waals surface area contributed by atoms with Gasteiger partial charge in [-0.15, -0.1) is 0 Å².